The van der Waals surface area contributed by atoms with Crippen molar-refractivity contribution in [3.05, 3.63) is 28.8 Å². The van der Waals surface area contributed by atoms with Crippen LogP contribution in [0.5, 0.6) is 5.75 Å². The Morgan fingerprint density at radius 2 is 2.00 bits per heavy atom. The summed E-state index contributed by atoms with van der Waals surface area (Å²) in [5, 5.41) is 17.1. The Balaban J connectivity index is 1.54. The summed E-state index contributed by atoms with van der Waals surface area (Å²) in [5.41, 5.74) is 3.69. The zero-order valence-electron chi connectivity index (χ0n) is 16.6. The third-order valence-electron chi connectivity index (χ3n) is 5.41. The molecule has 1 aliphatic carbocycles. The largest absolute Gasteiger partial charge is 0.508 e. The van der Waals surface area contributed by atoms with Gasteiger partial charge in [0.2, 0.25) is 0 Å². The molecule has 6 nitrogen and oxygen atoms in total. The minimum atomic E-state index is 0.377. The van der Waals surface area contributed by atoms with Crippen molar-refractivity contribution >= 4 is 5.96 Å². The van der Waals surface area contributed by atoms with Gasteiger partial charge in [0.05, 0.1) is 19.8 Å². The van der Waals surface area contributed by atoms with Crippen LogP contribution >= 0.6 is 0 Å². The summed E-state index contributed by atoms with van der Waals surface area (Å²) in [5.74, 6) is 1.20. The van der Waals surface area contributed by atoms with Crippen molar-refractivity contribution in [2.24, 2.45) is 4.99 Å². The first kappa shape index (κ1) is 20.0. The fraction of sp³-hybridized carbons (Fsp3) is 0.667. The highest BCUT2D eigenvalue weighted by Crippen LogP contribution is 2.30. The summed E-state index contributed by atoms with van der Waals surface area (Å²) < 4.78 is 5.39. The van der Waals surface area contributed by atoms with Gasteiger partial charge in [0.15, 0.2) is 5.96 Å². The van der Waals surface area contributed by atoms with Crippen molar-refractivity contribution in [3.63, 3.8) is 0 Å². The van der Waals surface area contributed by atoms with E-state index in [-0.39, 0.29) is 0 Å². The van der Waals surface area contributed by atoms with Crippen LogP contribution in [-0.2, 0) is 24.1 Å². The minimum Gasteiger partial charge on any atom is -0.508 e. The van der Waals surface area contributed by atoms with Crippen molar-refractivity contribution in [3.8, 4) is 5.75 Å². The third-order valence-corrected chi connectivity index (χ3v) is 5.41. The smallest absolute Gasteiger partial charge is 0.191 e. The van der Waals surface area contributed by atoms with Gasteiger partial charge in [0, 0.05) is 31.7 Å². The minimum absolute atomic E-state index is 0.377. The lowest BCUT2D eigenvalue weighted by molar-refractivity contribution is 0.0376. The molecule has 0 atom stereocenters. The molecule has 150 valence electrons. The summed E-state index contributed by atoms with van der Waals surface area (Å²) in [6, 6.07) is 3.91. The molecular formula is C21H34N4O2. The Hall–Kier alpha value is -1.79. The number of ether oxygens (including phenoxy) is 1. The lowest BCUT2D eigenvalue weighted by Gasteiger charge is -2.26. The Morgan fingerprint density at radius 1 is 1.19 bits per heavy atom. The van der Waals surface area contributed by atoms with Crippen molar-refractivity contribution < 1.29 is 9.84 Å². The molecule has 0 radical (unpaired) electrons. The van der Waals surface area contributed by atoms with Gasteiger partial charge in [0.25, 0.3) is 0 Å². The number of morpholine rings is 1. The van der Waals surface area contributed by atoms with E-state index < -0.39 is 0 Å². The lowest BCUT2D eigenvalue weighted by Crippen LogP contribution is -2.40. The molecule has 0 unspecified atom stereocenters. The number of rotatable bonds is 7. The molecule has 0 saturated carbocycles. The normalized spacial score (nSPS) is 18.2. The summed E-state index contributed by atoms with van der Waals surface area (Å²) in [4.78, 5) is 7.19. The van der Waals surface area contributed by atoms with Gasteiger partial charge in [-0.05, 0) is 62.8 Å². The van der Waals surface area contributed by atoms with Crippen molar-refractivity contribution in [1.29, 1.82) is 0 Å². The number of aryl methyl sites for hydroxylation is 1. The number of benzene rings is 1. The van der Waals surface area contributed by atoms with E-state index in [1.165, 1.54) is 24.0 Å². The number of hydrogen-bond acceptors (Lipinski definition) is 4. The average Bonchev–Trinajstić information content (AvgIpc) is 2.71. The first-order chi connectivity index (χ1) is 13.3. The summed E-state index contributed by atoms with van der Waals surface area (Å²) >= 11 is 0. The van der Waals surface area contributed by atoms with Crippen LogP contribution in [0.1, 0.15) is 42.9 Å². The zero-order valence-corrected chi connectivity index (χ0v) is 16.6. The summed E-state index contributed by atoms with van der Waals surface area (Å²) in [6.45, 7) is 9.17. The van der Waals surface area contributed by atoms with E-state index in [9.17, 15) is 5.11 Å². The second-order valence-electron chi connectivity index (χ2n) is 7.34. The molecule has 0 aromatic heterocycles. The quantitative estimate of drug-likeness (QED) is 0.387. The van der Waals surface area contributed by atoms with E-state index in [2.05, 4.69) is 28.5 Å². The fourth-order valence-corrected chi connectivity index (χ4v) is 3.90. The monoisotopic (exact) mass is 374 g/mol. The van der Waals surface area contributed by atoms with Gasteiger partial charge in [-0.1, -0.05) is 6.07 Å². The summed E-state index contributed by atoms with van der Waals surface area (Å²) in [6.07, 6.45) is 5.70. The van der Waals surface area contributed by atoms with Crippen molar-refractivity contribution in [1.82, 2.24) is 15.5 Å². The number of fused-ring (bicyclic) bond motifs is 1. The molecule has 1 aromatic rings. The molecule has 1 aliphatic heterocycles. The Labute approximate surface area is 163 Å². The van der Waals surface area contributed by atoms with E-state index in [0.717, 1.165) is 76.7 Å². The number of nitrogens with zero attached hydrogens (tertiary/aromatic N) is 2. The van der Waals surface area contributed by atoms with Crippen LogP contribution in [0.15, 0.2) is 17.1 Å². The van der Waals surface area contributed by atoms with Crippen LogP contribution in [0.2, 0.25) is 0 Å². The number of guanidine groups is 1. The Bertz CT molecular complexity index is 627. The van der Waals surface area contributed by atoms with E-state index in [1.54, 1.807) is 0 Å². The van der Waals surface area contributed by atoms with Gasteiger partial charge in [-0.3, -0.25) is 4.90 Å². The van der Waals surface area contributed by atoms with Gasteiger partial charge in [-0.2, -0.15) is 0 Å². The van der Waals surface area contributed by atoms with Crippen LogP contribution in [0.4, 0.5) is 0 Å². The Kier molecular flexibility index (Phi) is 7.78. The highest BCUT2D eigenvalue weighted by atomic mass is 16.5. The molecule has 2 aliphatic rings. The topological polar surface area (TPSA) is 69.1 Å². The zero-order chi connectivity index (χ0) is 18.9. The second-order valence-corrected chi connectivity index (χ2v) is 7.34. The number of phenols is 1. The highest BCUT2D eigenvalue weighted by molar-refractivity contribution is 5.79. The Morgan fingerprint density at radius 3 is 2.81 bits per heavy atom. The van der Waals surface area contributed by atoms with Gasteiger partial charge in [0.1, 0.15) is 5.75 Å². The first-order valence-electron chi connectivity index (χ1n) is 10.4. The molecule has 3 rings (SSSR count). The summed E-state index contributed by atoms with van der Waals surface area (Å²) in [7, 11) is 0. The van der Waals surface area contributed by atoms with Crippen molar-refractivity contribution in [2.45, 2.75) is 45.6 Å². The molecule has 27 heavy (non-hydrogen) atoms. The van der Waals surface area contributed by atoms with E-state index in [0.29, 0.717) is 12.3 Å². The molecule has 0 amide bonds. The number of phenolic OH excluding ortho intramolecular Hbond substituents is 1. The van der Waals surface area contributed by atoms with Crippen LogP contribution in [0.3, 0.4) is 0 Å². The molecule has 3 N–H and O–H groups in total. The van der Waals surface area contributed by atoms with Crippen LogP contribution in [0, 0.1) is 0 Å². The molecule has 1 heterocycles. The van der Waals surface area contributed by atoms with Crippen LogP contribution in [0.25, 0.3) is 0 Å². The lowest BCUT2D eigenvalue weighted by atomic mass is 9.88. The van der Waals surface area contributed by atoms with E-state index in [1.807, 2.05) is 6.07 Å². The third kappa shape index (κ3) is 5.84. The maximum Gasteiger partial charge on any atom is 0.191 e. The first-order valence-corrected chi connectivity index (χ1v) is 10.4. The van der Waals surface area contributed by atoms with Crippen LogP contribution in [-0.4, -0.2) is 61.9 Å². The van der Waals surface area contributed by atoms with Gasteiger partial charge in [-0.25, -0.2) is 4.99 Å². The number of hydrogen-bond donors (Lipinski definition) is 3. The second kappa shape index (κ2) is 10.5. The average molecular weight is 375 g/mol. The molecule has 1 fully saturated rings. The number of aliphatic imine (C=N–C) groups is 1. The predicted molar refractivity (Wildman–Crippen MR) is 109 cm³/mol. The molecule has 1 aromatic carbocycles. The van der Waals surface area contributed by atoms with Gasteiger partial charge in [-0.15, -0.1) is 0 Å². The predicted octanol–water partition coefficient (Wildman–Crippen LogP) is 2.05. The maximum atomic E-state index is 10.3. The highest BCUT2D eigenvalue weighted by Gasteiger charge is 2.16. The SMILES string of the molecule is CCNC(=NCc1c(O)ccc2c1CCCC2)NCCCN1CCOCC1. The molecular weight excluding hydrogens is 340 g/mol. The molecule has 0 spiro atoms. The standard InChI is InChI=1S/C21H34N4O2/c1-2-22-21(23-10-5-11-25-12-14-27-15-13-25)24-16-19-18-7-4-3-6-17(18)8-9-20(19)26/h8-9,26H,2-7,10-16H2,1H3,(H2,22,23,24). The van der Waals surface area contributed by atoms with Crippen molar-refractivity contribution in [2.75, 3.05) is 45.9 Å². The number of nitrogens with one attached hydrogen (secondary N) is 2. The molecule has 6 heteroatoms. The molecule has 0 bridgehead atoms. The molecule has 1 saturated heterocycles. The van der Waals surface area contributed by atoms with Gasteiger partial charge >= 0.3 is 0 Å². The maximum absolute atomic E-state index is 10.3. The number of aromatic hydroxyl groups is 1. The van der Waals surface area contributed by atoms with Gasteiger partial charge < -0.3 is 20.5 Å². The van der Waals surface area contributed by atoms with E-state index in [4.69, 9.17) is 9.73 Å². The van der Waals surface area contributed by atoms with E-state index >= 15 is 0 Å². The fourth-order valence-electron chi connectivity index (χ4n) is 3.90. The van der Waals surface area contributed by atoms with Crippen LogP contribution < -0.4 is 10.6 Å².